The Labute approximate surface area is 94.6 Å². The van der Waals surface area contributed by atoms with E-state index in [1.54, 1.807) is 0 Å². The zero-order chi connectivity index (χ0) is 11.0. The smallest absolute Gasteiger partial charge is 0.343 e. The van der Waals surface area contributed by atoms with E-state index in [4.69, 9.17) is 23.2 Å². The molecule has 15 heavy (non-hydrogen) atoms. The number of carbonyl (C=O) groups excluding carboxylic acids is 1. The lowest BCUT2D eigenvalue weighted by molar-refractivity contribution is 0.0602. The SMILES string of the molecule is COC(=O)c1cnn2c(Cl)cc(Cl)nc12. The van der Waals surface area contributed by atoms with Gasteiger partial charge in [0.05, 0.1) is 13.3 Å². The highest BCUT2D eigenvalue weighted by Crippen LogP contribution is 2.19. The summed E-state index contributed by atoms with van der Waals surface area (Å²) in [5.74, 6) is -0.532. The lowest BCUT2D eigenvalue weighted by Gasteiger charge is -1.98. The van der Waals surface area contributed by atoms with Gasteiger partial charge in [0.15, 0.2) is 5.65 Å². The second kappa shape index (κ2) is 3.67. The zero-order valence-corrected chi connectivity index (χ0v) is 9.08. The van der Waals surface area contributed by atoms with Gasteiger partial charge in [-0.2, -0.15) is 5.10 Å². The first-order valence-corrected chi connectivity index (χ1v) is 4.67. The van der Waals surface area contributed by atoms with Crippen LogP contribution in [0.25, 0.3) is 5.65 Å². The molecule has 2 aromatic heterocycles. The molecule has 0 saturated carbocycles. The van der Waals surface area contributed by atoms with Crippen molar-refractivity contribution in [3.8, 4) is 0 Å². The molecule has 0 aliphatic heterocycles. The maximum atomic E-state index is 11.3. The first-order chi connectivity index (χ1) is 7.13. The Bertz CT molecular complexity index is 538. The van der Waals surface area contributed by atoms with E-state index in [-0.39, 0.29) is 21.5 Å². The summed E-state index contributed by atoms with van der Waals surface area (Å²) < 4.78 is 5.87. The van der Waals surface area contributed by atoms with Crippen LogP contribution in [0, 0.1) is 0 Å². The molecule has 0 unspecified atom stereocenters. The second-order valence-corrected chi connectivity index (χ2v) is 3.46. The van der Waals surface area contributed by atoms with Crippen LogP contribution >= 0.6 is 23.2 Å². The Morgan fingerprint density at radius 1 is 1.53 bits per heavy atom. The van der Waals surface area contributed by atoms with Gasteiger partial charge in [-0.05, 0) is 0 Å². The molecule has 5 nitrogen and oxygen atoms in total. The number of hydrogen-bond acceptors (Lipinski definition) is 4. The van der Waals surface area contributed by atoms with E-state index in [0.29, 0.717) is 0 Å². The summed E-state index contributed by atoms with van der Waals surface area (Å²) in [6.07, 6.45) is 1.33. The minimum atomic E-state index is -0.532. The van der Waals surface area contributed by atoms with E-state index in [9.17, 15) is 4.79 Å². The van der Waals surface area contributed by atoms with Crippen molar-refractivity contribution in [3.05, 3.63) is 28.1 Å². The number of ether oxygens (including phenoxy) is 1. The van der Waals surface area contributed by atoms with Crippen LogP contribution in [-0.4, -0.2) is 27.7 Å². The molecule has 0 aliphatic rings. The minimum absolute atomic E-state index is 0.193. The fourth-order valence-electron chi connectivity index (χ4n) is 1.15. The van der Waals surface area contributed by atoms with Crippen LogP contribution in [-0.2, 0) is 4.74 Å². The molecule has 0 radical (unpaired) electrons. The highest BCUT2D eigenvalue weighted by atomic mass is 35.5. The summed E-state index contributed by atoms with van der Waals surface area (Å²) >= 11 is 11.6. The first kappa shape index (κ1) is 10.2. The fourth-order valence-corrected chi connectivity index (χ4v) is 1.62. The summed E-state index contributed by atoms with van der Waals surface area (Å²) in [6.45, 7) is 0. The number of esters is 1. The molecule has 0 N–H and O–H groups in total. The van der Waals surface area contributed by atoms with Crippen molar-refractivity contribution in [2.75, 3.05) is 7.11 Å². The quantitative estimate of drug-likeness (QED) is 0.568. The van der Waals surface area contributed by atoms with E-state index in [2.05, 4.69) is 14.8 Å². The molecule has 2 heterocycles. The highest BCUT2D eigenvalue weighted by molar-refractivity contribution is 6.33. The van der Waals surface area contributed by atoms with Crippen LogP contribution in [0.2, 0.25) is 10.3 Å². The molecule has 0 aliphatic carbocycles. The van der Waals surface area contributed by atoms with Crippen LogP contribution in [0.5, 0.6) is 0 Å². The summed E-state index contributed by atoms with van der Waals surface area (Å²) in [5, 5.41) is 4.36. The normalized spacial score (nSPS) is 10.6. The number of nitrogens with zero attached hydrogens (tertiary/aromatic N) is 3. The fraction of sp³-hybridized carbons (Fsp3) is 0.125. The van der Waals surface area contributed by atoms with Crippen molar-refractivity contribution >= 4 is 34.8 Å². The molecule has 0 spiro atoms. The van der Waals surface area contributed by atoms with E-state index in [1.165, 1.54) is 23.9 Å². The van der Waals surface area contributed by atoms with Crippen molar-refractivity contribution in [2.24, 2.45) is 0 Å². The minimum Gasteiger partial charge on any atom is -0.465 e. The lowest BCUT2D eigenvalue weighted by Crippen LogP contribution is -2.02. The van der Waals surface area contributed by atoms with Crippen molar-refractivity contribution in [3.63, 3.8) is 0 Å². The van der Waals surface area contributed by atoms with Gasteiger partial charge in [-0.3, -0.25) is 0 Å². The van der Waals surface area contributed by atoms with Crippen LogP contribution < -0.4 is 0 Å². The predicted octanol–water partition coefficient (Wildman–Crippen LogP) is 1.82. The Morgan fingerprint density at radius 3 is 2.93 bits per heavy atom. The van der Waals surface area contributed by atoms with Gasteiger partial charge in [0.2, 0.25) is 0 Å². The summed E-state index contributed by atoms with van der Waals surface area (Å²) in [7, 11) is 1.28. The Morgan fingerprint density at radius 2 is 2.27 bits per heavy atom. The molecule has 0 amide bonds. The standard InChI is InChI=1S/C8H5Cl2N3O2/c1-15-8(14)4-3-11-13-6(10)2-5(9)12-7(4)13/h2-3H,1H3. The number of rotatable bonds is 1. The molecule has 78 valence electrons. The number of halogens is 2. The van der Waals surface area contributed by atoms with Gasteiger partial charge in [0.25, 0.3) is 0 Å². The molecule has 0 aromatic carbocycles. The molecule has 2 aromatic rings. The largest absolute Gasteiger partial charge is 0.465 e. The molecule has 0 saturated heterocycles. The average Bonchev–Trinajstić information content (AvgIpc) is 2.60. The molecule has 0 fully saturated rings. The Hall–Kier alpha value is -1.33. The molecule has 0 atom stereocenters. The van der Waals surface area contributed by atoms with Gasteiger partial charge >= 0.3 is 5.97 Å². The predicted molar refractivity (Wildman–Crippen MR) is 54.3 cm³/mol. The first-order valence-electron chi connectivity index (χ1n) is 3.91. The van der Waals surface area contributed by atoms with Crippen molar-refractivity contribution in [1.29, 1.82) is 0 Å². The van der Waals surface area contributed by atoms with Crippen LogP contribution in [0.4, 0.5) is 0 Å². The van der Waals surface area contributed by atoms with E-state index in [1.807, 2.05) is 0 Å². The van der Waals surface area contributed by atoms with Crippen molar-refractivity contribution in [1.82, 2.24) is 14.6 Å². The number of methoxy groups -OCH3 is 1. The van der Waals surface area contributed by atoms with Crippen LogP contribution in [0.3, 0.4) is 0 Å². The van der Waals surface area contributed by atoms with Gasteiger partial charge in [-0.25, -0.2) is 14.3 Å². The molecular weight excluding hydrogens is 241 g/mol. The maximum absolute atomic E-state index is 11.3. The van der Waals surface area contributed by atoms with E-state index in [0.717, 1.165) is 0 Å². The third-order valence-corrected chi connectivity index (χ3v) is 2.27. The van der Waals surface area contributed by atoms with Gasteiger partial charge in [-0.1, -0.05) is 23.2 Å². The van der Waals surface area contributed by atoms with E-state index >= 15 is 0 Å². The number of carbonyl (C=O) groups is 1. The molecule has 0 bridgehead atoms. The molecule has 2 rings (SSSR count). The molecule has 7 heteroatoms. The van der Waals surface area contributed by atoms with Crippen LogP contribution in [0.15, 0.2) is 12.3 Å². The number of fused-ring (bicyclic) bond motifs is 1. The van der Waals surface area contributed by atoms with Crippen molar-refractivity contribution < 1.29 is 9.53 Å². The van der Waals surface area contributed by atoms with Gasteiger partial charge < -0.3 is 4.74 Å². The lowest BCUT2D eigenvalue weighted by atomic mass is 10.3. The van der Waals surface area contributed by atoms with Gasteiger partial charge in [0, 0.05) is 6.07 Å². The highest BCUT2D eigenvalue weighted by Gasteiger charge is 2.16. The second-order valence-electron chi connectivity index (χ2n) is 2.69. The monoisotopic (exact) mass is 245 g/mol. The Kier molecular flexibility index (Phi) is 2.50. The maximum Gasteiger partial charge on any atom is 0.343 e. The summed E-state index contributed by atoms with van der Waals surface area (Å²) in [5.41, 5.74) is 0.501. The third kappa shape index (κ3) is 1.64. The summed E-state index contributed by atoms with van der Waals surface area (Å²) in [4.78, 5) is 15.3. The van der Waals surface area contributed by atoms with Crippen molar-refractivity contribution in [2.45, 2.75) is 0 Å². The number of aromatic nitrogens is 3. The summed E-state index contributed by atoms with van der Waals surface area (Å²) in [6, 6.07) is 1.43. The van der Waals surface area contributed by atoms with Gasteiger partial charge in [-0.15, -0.1) is 0 Å². The number of hydrogen-bond donors (Lipinski definition) is 0. The van der Waals surface area contributed by atoms with Gasteiger partial charge in [0.1, 0.15) is 15.9 Å². The third-order valence-electron chi connectivity index (χ3n) is 1.80. The van der Waals surface area contributed by atoms with E-state index < -0.39 is 5.97 Å². The average molecular weight is 246 g/mol. The Balaban J connectivity index is 2.74. The zero-order valence-electron chi connectivity index (χ0n) is 7.57. The molecular formula is C8H5Cl2N3O2. The topological polar surface area (TPSA) is 56.5 Å². The van der Waals surface area contributed by atoms with Crippen LogP contribution in [0.1, 0.15) is 10.4 Å².